The predicted molar refractivity (Wildman–Crippen MR) is 275 cm³/mol. The van der Waals surface area contributed by atoms with Crippen LogP contribution in [0.5, 0.6) is 5.75 Å². The van der Waals surface area contributed by atoms with Crippen molar-refractivity contribution in [2.24, 2.45) is 0 Å². The number of rotatable bonds is 1. The van der Waals surface area contributed by atoms with E-state index in [0.717, 1.165) is 6.07 Å². The average molecular weight is 1060 g/mol. The zero-order valence-corrected chi connectivity index (χ0v) is 40.9. The quantitative estimate of drug-likeness (QED) is 0.0766. The molecule has 2 aromatic heterocycles. The second-order valence-electron chi connectivity index (χ2n) is 13.5. The van der Waals surface area contributed by atoms with Crippen LogP contribution in [-0.2, 0) is 9.31 Å². The molecule has 3 heterocycles. The molecule has 0 spiro atoms. The minimum Gasteiger partial charge on any atom is -0.506 e. The summed E-state index contributed by atoms with van der Waals surface area (Å²) in [4.78, 5) is 7.71. The Labute approximate surface area is 427 Å². The predicted octanol–water partition coefficient (Wildman–Crippen LogP) is 7.56. The van der Waals surface area contributed by atoms with Crippen molar-refractivity contribution in [1.29, 1.82) is 0 Å². The van der Waals surface area contributed by atoms with Crippen molar-refractivity contribution >= 4 is 72.3 Å². The number of aromatic hydroxyl groups is 1. The van der Waals surface area contributed by atoms with E-state index in [2.05, 4.69) is 214 Å². The topological polar surface area (TPSA) is 117 Å². The Hall–Kier alpha value is -9.67. The number of terminal acetylenes is 1. The van der Waals surface area contributed by atoms with Crippen molar-refractivity contribution in [2.45, 2.75) is 45.8 Å². The monoisotopic (exact) mass is 1060 g/mol. The van der Waals surface area contributed by atoms with Gasteiger partial charge < -0.3 is 29.0 Å². The summed E-state index contributed by atoms with van der Waals surface area (Å²) in [6.45, 7) is 9.41. The van der Waals surface area contributed by atoms with Gasteiger partial charge in [-0.05, 0) is 173 Å². The molecular formula is C57H27BBr2F3N3O5. The Kier molecular flexibility index (Phi) is 23.4. The van der Waals surface area contributed by atoms with E-state index in [4.69, 9.17) is 35.4 Å². The highest BCUT2D eigenvalue weighted by atomic mass is 79.9. The molecule has 1 saturated heterocycles. The standard InChI is InChI=1S/C31H4.C13H15BFNO3.C7H3BrFNO.C6H5BrFNO/c1-3-5-7-9-11-13-15-17-19-21-23-25-27-29-31-30-28-26-24-22-20-18-16-14-12-10-8-6-4-2;1-12(2)13(3,4)19-14(18-12)8-5-11-10(6-9(8)15)16-7-17-11;8-4-1-7-6(2-5(4)9)10-3-11-7;7-3-1-6(10)5(9)2-4(3)8/h1H,2H3;5-7H,1-4H3;1-3H;1-2,10H,9H2. The lowest BCUT2D eigenvalue weighted by molar-refractivity contribution is 0.00578. The fourth-order valence-corrected chi connectivity index (χ4v) is 4.98. The number of hydrogen-bond acceptors (Lipinski definition) is 8. The molecule has 0 unspecified atom stereocenters. The van der Waals surface area contributed by atoms with Crippen LogP contribution in [0.15, 0.2) is 67.0 Å². The number of phenols is 1. The van der Waals surface area contributed by atoms with Crippen molar-refractivity contribution in [3.05, 3.63) is 75.6 Å². The summed E-state index contributed by atoms with van der Waals surface area (Å²) in [7, 11) is -0.737. The van der Waals surface area contributed by atoms with Gasteiger partial charge in [-0.25, -0.2) is 23.1 Å². The van der Waals surface area contributed by atoms with Crippen molar-refractivity contribution in [3.8, 4) is 184 Å². The van der Waals surface area contributed by atoms with Gasteiger partial charge in [0.25, 0.3) is 0 Å². The van der Waals surface area contributed by atoms with Crippen LogP contribution in [0, 0.1) is 196 Å². The molecule has 3 aromatic carbocycles. The number of aromatic nitrogens is 2. The summed E-state index contributed by atoms with van der Waals surface area (Å²) >= 11 is 5.93. The molecule has 1 fully saturated rings. The largest absolute Gasteiger partial charge is 0.506 e. The molecule has 0 amide bonds. The number of oxazole rings is 2. The molecule has 5 aromatic rings. The molecule has 1 aliphatic heterocycles. The second kappa shape index (κ2) is 29.9. The highest BCUT2D eigenvalue weighted by molar-refractivity contribution is 9.10. The molecule has 0 radical (unpaired) electrons. The lowest BCUT2D eigenvalue weighted by Gasteiger charge is -2.32. The van der Waals surface area contributed by atoms with E-state index in [0.29, 0.717) is 32.1 Å². The smallest absolute Gasteiger partial charge is 0.497 e. The summed E-state index contributed by atoms with van der Waals surface area (Å²) in [6, 6.07) is 8.06. The Morgan fingerprint density at radius 1 is 0.521 bits per heavy atom. The zero-order valence-electron chi connectivity index (χ0n) is 37.7. The molecule has 0 saturated carbocycles. The van der Waals surface area contributed by atoms with Gasteiger partial charge in [0.15, 0.2) is 24.0 Å². The summed E-state index contributed by atoms with van der Waals surface area (Å²) in [6.07, 6.45) is 7.50. The van der Waals surface area contributed by atoms with E-state index < -0.39 is 30.0 Å². The molecule has 1 aliphatic rings. The highest BCUT2D eigenvalue weighted by Crippen LogP contribution is 2.37. The molecule has 338 valence electrons. The third-order valence-corrected chi connectivity index (χ3v) is 9.44. The Morgan fingerprint density at radius 2 is 0.859 bits per heavy atom. The van der Waals surface area contributed by atoms with E-state index >= 15 is 0 Å². The van der Waals surface area contributed by atoms with Gasteiger partial charge in [-0.1, -0.05) is 5.92 Å². The van der Waals surface area contributed by atoms with Crippen LogP contribution in [0.2, 0.25) is 0 Å². The van der Waals surface area contributed by atoms with E-state index in [-0.39, 0.29) is 21.7 Å². The average Bonchev–Trinajstić information content (AvgIpc) is 4.04. The van der Waals surface area contributed by atoms with Gasteiger partial charge in [0, 0.05) is 101 Å². The molecule has 0 atom stereocenters. The molecular weight excluding hydrogens is 1030 g/mol. The van der Waals surface area contributed by atoms with E-state index in [9.17, 15) is 13.2 Å². The van der Waals surface area contributed by atoms with E-state index in [1.807, 2.05) is 27.7 Å². The number of nitrogens with two attached hydrogens (primary N) is 1. The van der Waals surface area contributed by atoms with Crippen LogP contribution in [0.1, 0.15) is 34.6 Å². The van der Waals surface area contributed by atoms with Crippen molar-refractivity contribution in [3.63, 3.8) is 0 Å². The summed E-state index contributed by atoms with van der Waals surface area (Å²) in [5.41, 5.74) is 6.68. The number of hydrogen-bond donors (Lipinski definition) is 2. The molecule has 8 nitrogen and oxygen atoms in total. The van der Waals surface area contributed by atoms with Crippen LogP contribution in [-0.4, -0.2) is 33.4 Å². The molecule has 6 rings (SSSR count). The first-order valence-corrected chi connectivity index (χ1v) is 21.1. The van der Waals surface area contributed by atoms with Crippen LogP contribution in [0.4, 0.5) is 18.9 Å². The second-order valence-corrected chi connectivity index (χ2v) is 15.2. The van der Waals surface area contributed by atoms with Gasteiger partial charge in [0.2, 0.25) is 0 Å². The minimum atomic E-state index is -0.737. The van der Waals surface area contributed by atoms with Gasteiger partial charge >= 0.3 is 7.12 Å². The summed E-state index contributed by atoms with van der Waals surface area (Å²) < 4.78 is 61.8. The van der Waals surface area contributed by atoms with E-state index in [1.54, 1.807) is 19.1 Å². The Balaban J connectivity index is 0.000000277. The Morgan fingerprint density at radius 3 is 1.24 bits per heavy atom. The molecule has 14 heteroatoms. The molecule has 3 N–H and O–H groups in total. The van der Waals surface area contributed by atoms with E-state index in [1.165, 1.54) is 31.0 Å². The maximum Gasteiger partial charge on any atom is 0.497 e. The first-order chi connectivity index (χ1) is 34.1. The molecule has 0 aliphatic carbocycles. The third kappa shape index (κ3) is 20.0. The normalized spacial score (nSPS) is 10.4. The SMILES string of the molecule is C#CC#CC#CC#CC#CC#CC#CC#CC#CC#CC#CC#CC#CC#CC#CC.CC1(C)OB(c2cc3ocnc3cc2F)OC1(C)C.Fc1cc2ncoc2cc1Br.Nc1cc(F)c(Br)cc1O. The lowest BCUT2D eigenvalue weighted by atomic mass is 9.78. The van der Waals surface area contributed by atoms with Gasteiger partial charge in [-0.3, -0.25) is 0 Å². The first kappa shape index (κ1) is 55.7. The number of nitrogens with zero attached hydrogens (tertiary/aromatic N) is 2. The fourth-order valence-electron chi connectivity index (χ4n) is 4.33. The van der Waals surface area contributed by atoms with Crippen LogP contribution in [0.25, 0.3) is 22.2 Å². The van der Waals surface area contributed by atoms with Gasteiger partial charge in [-0.15, -0.1) is 6.42 Å². The number of anilines is 1. The Bertz CT molecular complexity index is 3750. The van der Waals surface area contributed by atoms with Crippen LogP contribution in [0.3, 0.4) is 0 Å². The molecule has 0 bridgehead atoms. The van der Waals surface area contributed by atoms with Crippen molar-refractivity contribution < 1.29 is 36.4 Å². The minimum absolute atomic E-state index is 0.0423. The molecule has 71 heavy (non-hydrogen) atoms. The summed E-state index contributed by atoms with van der Waals surface area (Å²) in [5.74, 6) is 70.6. The number of benzene rings is 3. The van der Waals surface area contributed by atoms with Gasteiger partial charge in [-0.2, -0.15) is 0 Å². The maximum absolute atomic E-state index is 14.1. The number of halogens is 5. The van der Waals surface area contributed by atoms with Crippen LogP contribution < -0.4 is 11.2 Å². The lowest BCUT2D eigenvalue weighted by Crippen LogP contribution is -2.41. The van der Waals surface area contributed by atoms with Gasteiger partial charge in [0.05, 0.1) is 25.8 Å². The first-order valence-electron chi connectivity index (χ1n) is 19.5. The third-order valence-electron chi connectivity index (χ3n) is 8.22. The fraction of sp³-hybridized carbons (Fsp3) is 0.123. The zero-order chi connectivity index (χ0) is 51.9. The number of fused-ring (bicyclic) bond motifs is 2. The maximum atomic E-state index is 14.1. The number of phenolic OH excluding ortho intramolecular Hbond substituents is 1. The van der Waals surface area contributed by atoms with Crippen LogP contribution >= 0.6 is 31.9 Å². The van der Waals surface area contributed by atoms with Gasteiger partial charge in [0.1, 0.15) is 34.2 Å². The number of nitrogen functional groups attached to an aromatic ring is 1. The highest BCUT2D eigenvalue weighted by Gasteiger charge is 2.52. The van der Waals surface area contributed by atoms with Crippen molar-refractivity contribution in [2.75, 3.05) is 5.73 Å². The summed E-state index contributed by atoms with van der Waals surface area (Å²) in [5, 5.41) is 8.90. The van der Waals surface area contributed by atoms with Crippen molar-refractivity contribution in [1.82, 2.24) is 9.97 Å².